The molecule has 21 heavy (non-hydrogen) atoms. The van der Waals surface area contributed by atoms with Crippen molar-refractivity contribution in [1.82, 2.24) is 5.43 Å². The van der Waals surface area contributed by atoms with Crippen LogP contribution in [0.5, 0.6) is 5.75 Å². The largest absolute Gasteiger partial charge is 0.491 e. The Bertz CT molecular complexity index is 617. The normalized spacial score (nSPS) is 12.5. The number of benzene rings is 2. The Hall–Kier alpha value is -0.880. The topological polar surface area (TPSA) is 47.3 Å². The molecule has 0 aliphatic carbocycles. The van der Waals surface area contributed by atoms with Crippen LogP contribution in [0.1, 0.15) is 31.0 Å². The number of nitrogens with two attached hydrogens (primary N) is 1. The van der Waals surface area contributed by atoms with E-state index >= 15 is 0 Å². The smallest absolute Gasteiger partial charge is 0.120 e. The van der Waals surface area contributed by atoms with Gasteiger partial charge >= 0.3 is 0 Å². The SMILES string of the molecule is CC(C)Oc1cccc(C(NN)c2cc(Br)ccc2Br)c1. The van der Waals surface area contributed by atoms with Crippen LogP contribution in [0.2, 0.25) is 0 Å². The molecule has 112 valence electrons. The third kappa shape index (κ3) is 4.30. The average Bonchev–Trinajstić information content (AvgIpc) is 2.43. The molecule has 1 unspecified atom stereocenters. The van der Waals surface area contributed by atoms with Gasteiger partial charge in [0.2, 0.25) is 0 Å². The minimum Gasteiger partial charge on any atom is -0.491 e. The van der Waals surface area contributed by atoms with Crippen molar-refractivity contribution in [2.24, 2.45) is 5.84 Å². The third-order valence-electron chi connectivity index (χ3n) is 3.00. The summed E-state index contributed by atoms with van der Waals surface area (Å²) in [6, 6.07) is 13.9. The van der Waals surface area contributed by atoms with Crippen LogP contribution in [0.3, 0.4) is 0 Å². The van der Waals surface area contributed by atoms with Crippen molar-refractivity contribution in [3.05, 3.63) is 62.5 Å². The molecule has 0 saturated heterocycles. The van der Waals surface area contributed by atoms with Crippen molar-refractivity contribution in [3.63, 3.8) is 0 Å². The van der Waals surface area contributed by atoms with E-state index in [1.54, 1.807) is 0 Å². The fraction of sp³-hybridized carbons (Fsp3) is 0.250. The molecule has 0 bridgehead atoms. The van der Waals surface area contributed by atoms with Crippen molar-refractivity contribution in [1.29, 1.82) is 0 Å². The van der Waals surface area contributed by atoms with Gasteiger partial charge < -0.3 is 4.74 Å². The van der Waals surface area contributed by atoms with Gasteiger partial charge in [0.25, 0.3) is 0 Å². The second kappa shape index (κ2) is 7.40. The number of hydrazine groups is 1. The maximum Gasteiger partial charge on any atom is 0.120 e. The molecule has 5 heteroatoms. The maximum atomic E-state index is 5.78. The molecule has 0 radical (unpaired) electrons. The van der Waals surface area contributed by atoms with Crippen LogP contribution in [-0.2, 0) is 0 Å². The summed E-state index contributed by atoms with van der Waals surface area (Å²) in [6.07, 6.45) is 0.141. The lowest BCUT2D eigenvalue weighted by molar-refractivity contribution is 0.242. The molecule has 0 amide bonds. The number of ether oxygens (including phenoxy) is 1. The summed E-state index contributed by atoms with van der Waals surface area (Å²) in [5.74, 6) is 6.62. The Balaban J connectivity index is 2.39. The van der Waals surface area contributed by atoms with E-state index in [1.807, 2.05) is 56.3 Å². The molecular formula is C16H18Br2N2O. The highest BCUT2D eigenvalue weighted by Gasteiger charge is 2.16. The molecule has 2 aromatic rings. The van der Waals surface area contributed by atoms with E-state index in [4.69, 9.17) is 10.6 Å². The van der Waals surface area contributed by atoms with Crippen LogP contribution in [0.4, 0.5) is 0 Å². The monoisotopic (exact) mass is 412 g/mol. The van der Waals surface area contributed by atoms with Gasteiger partial charge in [-0.2, -0.15) is 0 Å². The molecule has 0 spiro atoms. The molecule has 2 rings (SSSR count). The molecule has 3 nitrogen and oxygen atoms in total. The molecule has 0 aliphatic heterocycles. The van der Waals surface area contributed by atoms with Crippen molar-refractivity contribution < 1.29 is 4.74 Å². The first-order chi connectivity index (χ1) is 10.0. The van der Waals surface area contributed by atoms with Gasteiger partial charge in [-0.25, -0.2) is 5.43 Å². The van der Waals surface area contributed by atoms with Crippen LogP contribution in [0.15, 0.2) is 51.4 Å². The lowest BCUT2D eigenvalue weighted by Crippen LogP contribution is -2.29. The molecule has 0 aromatic heterocycles. The van der Waals surface area contributed by atoms with E-state index < -0.39 is 0 Å². The summed E-state index contributed by atoms with van der Waals surface area (Å²) in [6.45, 7) is 4.02. The minimum atomic E-state index is -0.118. The predicted octanol–water partition coefficient (Wildman–Crippen LogP) is 4.55. The van der Waals surface area contributed by atoms with Gasteiger partial charge in [-0.15, -0.1) is 0 Å². The van der Waals surface area contributed by atoms with Gasteiger partial charge in [-0.3, -0.25) is 5.84 Å². The van der Waals surface area contributed by atoms with E-state index in [-0.39, 0.29) is 12.1 Å². The lowest BCUT2D eigenvalue weighted by Gasteiger charge is -2.20. The summed E-state index contributed by atoms with van der Waals surface area (Å²) in [7, 11) is 0. The number of hydrogen-bond acceptors (Lipinski definition) is 3. The van der Waals surface area contributed by atoms with Crippen molar-refractivity contribution in [2.45, 2.75) is 26.0 Å². The van der Waals surface area contributed by atoms with Crippen molar-refractivity contribution in [3.8, 4) is 5.75 Å². The van der Waals surface area contributed by atoms with Gasteiger partial charge in [0.15, 0.2) is 0 Å². The van der Waals surface area contributed by atoms with Crippen molar-refractivity contribution in [2.75, 3.05) is 0 Å². The average molecular weight is 414 g/mol. The molecule has 0 saturated carbocycles. The zero-order valence-corrected chi connectivity index (χ0v) is 15.1. The van der Waals surface area contributed by atoms with E-state index in [0.29, 0.717) is 0 Å². The number of halogens is 2. The maximum absolute atomic E-state index is 5.78. The van der Waals surface area contributed by atoms with E-state index in [1.165, 1.54) is 0 Å². The quantitative estimate of drug-likeness (QED) is 0.558. The zero-order valence-electron chi connectivity index (χ0n) is 11.9. The van der Waals surface area contributed by atoms with Gasteiger partial charge in [0.05, 0.1) is 12.1 Å². The second-order valence-electron chi connectivity index (χ2n) is 5.00. The summed E-state index contributed by atoms with van der Waals surface area (Å²) in [5.41, 5.74) is 4.99. The van der Waals surface area contributed by atoms with E-state index in [2.05, 4.69) is 37.3 Å². The summed E-state index contributed by atoms with van der Waals surface area (Å²) in [5, 5.41) is 0. The first-order valence-corrected chi connectivity index (χ1v) is 8.27. The van der Waals surface area contributed by atoms with E-state index in [0.717, 1.165) is 25.8 Å². The minimum absolute atomic E-state index is 0.118. The second-order valence-corrected chi connectivity index (χ2v) is 6.77. The molecular weight excluding hydrogens is 396 g/mol. The van der Waals surface area contributed by atoms with Crippen LogP contribution < -0.4 is 16.0 Å². The molecule has 0 fully saturated rings. The van der Waals surface area contributed by atoms with Crippen LogP contribution in [0, 0.1) is 0 Å². The van der Waals surface area contributed by atoms with E-state index in [9.17, 15) is 0 Å². The Morgan fingerprint density at radius 1 is 1.10 bits per heavy atom. The molecule has 0 heterocycles. The highest BCUT2D eigenvalue weighted by atomic mass is 79.9. The first kappa shape index (κ1) is 16.5. The Morgan fingerprint density at radius 2 is 1.86 bits per heavy atom. The lowest BCUT2D eigenvalue weighted by atomic mass is 9.99. The van der Waals surface area contributed by atoms with Crippen LogP contribution in [0.25, 0.3) is 0 Å². The molecule has 3 N–H and O–H groups in total. The highest BCUT2D eigenvalue weighted by molar-refractivity contribution is 9.11. The van der Waals surface area contributed by atoms with Gasteiger partial charge in [-0.05, 0) is 55.3 Å². The van der Waals surface area contributed by atoms with Crippen LogP contribution in [-0.4, -0.2) is 6.10 Å². The van der Waals surface area contributed by atoms with Gasteiger partial charge in [-0.1, -0.05) is 44.0 Å². The number of nitrogens with one attached hydrogen (secondary N) is 1. The molecule has 0 aliphatic rings. The predicted molar refractivity (Wildman–Crippen MR) is 93.2 cm³/mol. The van der Waals surface area contributed by atoms with Crippen LogP contribution >= 0.6 is 31.9 Å². The highest BCUT2D eigenvalue weighted by Crippen LogP contribution is 2.32. The Kier molecular flexibility index (Phi) is 5.81. The summed E-state index contributed by atoms with van der Waals surface area (Å²) >= 11 is 7.08. The fourth-order valence-corrected chi connectivity index (χ4v) is 3.00. The number of hydrogen-bond donors (Lipinski definition) is 2. The van der Waals surface area contributed by atoms with Gasteiger partial charge in [0, 0.05) is 8.95 Å². The van der Waals surface area contributed by atoms with Crippen molar-refractivity contribution >= 4 is 31.9 Å². The Morgan fingerprint density at radius 3 is 2.52 bits per heavy atom. The zero-order chi connectivity index (χ0) is 15.4. The first-order valence-electron chi connectivity index (χ1n) is 6.69. The third-order valence-corrected chi connectivity index (χ3v) is 4.21. The summed E-state index contributed by atoms with van der Waals surface area (Å²) < 4.78 is 7.76. The number of rotatable bonds is 5. The summed E-state index contributed by atoms with van der Waals surface area (Å²) in [4.78, 5) is 0. The standard InChI is InChI=1S/C16H18Br2N2O/c1-10(2)21-13-5-3-4-11(8-13)16(20-19)14-9-12(17)6-7-15(14)18/h3-10,16,20H,19H2,1-2H3. The Labute approximate surface area is 142 Å². The van der Waals surface area contributed by atoms with Gasteiger partial charge in [0.1, 0.15) is 5.75 Å². The fourth-order valence-electron chi connectivity index (χ4n) is 2.14. The molecule has 2 aromatic carbocycles. The molecule has 1 atom stereocenters.